The molecule has 0 atom stereocenters. The average molecular weight is 800 g/mol. The van der Waals surface area contributed by atoms with Crippen molar-refractivity contribution in [3.63, 3.8) is 0 Å². The second-order valence-electron chi connectivity index (χ2n) is 16.4. The molecule has 3 aromatic heterocycles. The van der Waals surface area contributed by atoms with Gasteiger partial charge in [-0.3, -0.25) is 0 Å². The summed E-state index contributed by atoms with van der Waals surface area (Å²) in [6.07, 6.45) is 2.14. The zero-order valence-electron chi connectivity index (χ0n) is 35.2. The molecule has 0 N–H and O–H groups in total. The van der Waals surface area contributed by atoms with Gasteiger partial charge in [0.2, 0.25) is 0 Å². The molecular weight excluding hydrogens is 755 g/mol. The smallest absolute Gasteiger partial charge is 0.143 e. The van der Waals surface area contributed by atoms with Crippen molar-refractivity contribution in [2.45, 2.75) is 33.6 Å². The van der Waals surface area contributed by atoms with E-state index in [0.29, 0.717) is 0 Å². The summed E-state index contributed by atoms with van der Waals surface area (Å²) in [6.45, 7) is 6.53. The maximum absolute atomic E-state index is 6.78. The lowest BCUT2D eigenvalue weighted by atomic mass is 9.90. The van der Waals surface area contributed by atoms with Crippen LogP contribution in [0.15, 0.2) is 203 Å². The third kappa shape index (κ3) is 6.37. The van der Waals surface area contributed by atoms with Crippen LogP contribution in [0.4, 0.5) is 0 Å². The number of benzene rings is 9. The Labute approximate surface area is 361 Å². The van der Waals surface area contributed by atoms with Crippen molar-refractivity contribution in [1.82, 2.24) is 4.57 Å². The number of hydrogen-bond donors (Lipinski definition) is 0. The molecule has 3 nitrogen and oxygen atoms in total. The van der Waals surface area contributed by atoms with Crippen molar-refractivity contribution in [2.24, 2.45) is 0 Å². The molecule has 0 saturated carbocycles. The summed E-state index contributed by atoms with van der Waals surface area (Å²) in [6, 6.07) is 69.3. The van der Waals surface area contributed by atoms with Crippen LogP contribution in [-0.4, -0.2) is 4.57 Å². The fourth-order valence-corrected chi connectivity index (χ4v) is 9.43. The standard InChI is InChI=1S/C52H37NO2.C7H8/c1-3-13-33-24-25-34(28-43(33)37-17-8-7-14-32(37)2)38-19-11-21-41-45-30-46-42-22-12-20-39(52(42)55-50(46)31-49(45)54-51(38)41)35-26-27-48-44(29-35)40-18-9-10-23-47(40)53(48)36-15-5-4-6-16-36;1-7-5-3-2-4-6-7/h4-12,14-31H,3,13H2,1-2H3;2-6H,1H3. The fourth-order valence-electron chi connectivity index (χ4n) is 9.43. The first-order valence-corrected chi connectivity index (χ1v) is 21.6. The van der Waals surface area contributed by atoms with Crippen molar-refractivity contribution < 1.29 is 8.83 Å². The molecule has 0 aliphatic heterocycles. The highest BCUT2D eigenvalue weighted by Crippen LogP contribution is 2.44. The van der Waals surface area contributed by atoms with Gasteiger partial charge in [-0.1, -0.05) is 165 Å². The molecule has 0 bridgehead atoms. The molecule has 0 unspecified atom stereocenters. The molecule has 0 fully saturated rings. The van der Waals surface area contributed by atoms with Gasteiger partial charge in [-0.25, -0.2) is 0 Å². The molecule has 0 saturated heterocycles. The molecule has 3 heteroatoms. The molecule has 0 spiro atoms. The van der Waals surface area contributed by atoms with Crippen LogP contribution < -0.4 is 0 Å². The molecule has 3 heterocycles. The second-order valence-corrected chi connectivity index (χ2v) is 16.4. The summed E-state index contributed by atoms with van der Waals surface area (Å²) < 4.78 is 15.9. The van der Waals surface area contributed by atoms with Crippen molar-refractivity contribution >= 4 is 65.7 Å². The molecule has 0 amide bonds. The van der Waals surface area contributed by atoms with Crippen molar-refractivity contribution in [1.29, 1.82) is 0 Å². The normalized spacial score (nSPS) is 11.6. The van der Waals surface area contributed by atoms with Gasteiger partial charge < -0.3 is 13.4 Å². The van der Waals surface area contributed by atoms with E-state index in [-0.39, 0.29) is 0 Å². The van der Waals surface area contributed by atoms with Crippen LogP contribution in [0.2, 0.25) is 0 Å². The zero-order chi connectivity index (χ0) is 41.7. The van der Waals surface area contributed by atoms with Gasteiger partial charge in [0.15, 0.2) is 0 Å². The van der Waals surface area contributed by atoms with Gasteiger partial charge in [0, 0.05) is 55.2 Å². The van der Waals surface area contributed by atoms with E-state index >= 15 is 0 Å². The molecule has 0 aliphatic rings. The minimum absolute atomic E-state index is 0.822. The van der Waals surface area contributed by atoms with Crippen LogP contribution in [0.25, 0.3) is 105 Å². The molecule has 298 valence electrons. The molecular formula is C59H45NO2. The fraction of sp³-hybridized carbons (Fsp3) is 0.0847. The number of furan rings is 2. The van der Waals surface area contributed by atoms with E-state index in [0.717, 1.165) is 84.7 Å². The van der Waals surface area contributed by atoms with Crippen LogP contribution in [0.1, 0.15) is 30.0 Å². The topological polar surface area (TPSA) is 31.2 Å². The van der Waals surface area contributed by atoms with E-state index in [1.54, 1.807) is 0 Å². The van der Waals surface area contributed by atoms with E-state index in [2.05, 4.69) is 201 Å². The highest BCUT2D eigenvalue weighted by Gasteiger charge is 2.20. The van der Waals surface area contributed by atoms with Crippen LogP contribution in [0, 0.1) is 13.8 Å². The molecule has 9 aromatic carbocycles. The lowest BCUT2D eigenvalue weighted by Crippen LogP contribution is -1.93. The Morgan fingerprint density at radius 1 is 0.403 bits per heavy atom. The van der Waals surface area contributed by atoms with Gasteiger partial charge >= 0.3 is 0 Å². The average Bonchev–Trinajstić information content (AvgIpc) is 3.98. The molecule has 12 aromatic rings. The Morgan fingerprint density at radius 2 is 0.968 bits per heavy atom. The Kier molecular flexibility index (Phi) is 9.31. The molecule has 62 heavy (non-hydrogen) atoms. The summed E-state index contributed by atoms with van der Waals surface area (Å²) in [7, 11) is 0. The highest BCUT2D eigenvalue weighted by molar-refractivity contribution is 6.19. The van der Waals surface area contributed by atoms with Crippen LogP contribution in [-0.2, 0) is 6.42 Å². The Morgan fingerprint density at radius 3 is 1.63 bits per heavy atom. The van der Waals surface area contributed by atoms with Gasteiger partial charge in [-0.2, -0.15) is 0 Å². The van der Waals surface area contributed by atoms with E-state index < -0.39 is 0 Å². The Hall–Kier alpha value is -7.62. The maximum Gasteiger partial charge on any atom is 0.143 e. The third-order valence-electron chi connectivity index (χ3n) is 12.4. The molecule has 0 radical (unpaired) electrons. The zero-order valence-corrected chi connectivity index (χ0v) is 35.2. The molecule has 12 rings (SSSR count). The van der Waals surface area contributed by atoms with Gasteiger partial charge in [-0.05, 0) is 96.1 Å². The summed E-state index contributed by atoms with van der Waals surface area (Å²) in [4.78, 5) is 0. The summed E-state index contributed by atoms with van der Waals surface area (Å²) >= 11 is 0. The lowest BCUT2D eigenvalue weighted by molar-refractivity contribution is 0.657. The minimum atomic E-state index is 0.822. The SMILES string of the molecule is CCCc1ccc(-c2cccc3c2oc2cc4oc5c(-c6ccc7c(c6)c6ccccc6n7-c6ccccc6)cccc5c4cc23)cc1-c1ccccc1C.Cc1ccccc1. The largest absolute Gasteiger partial charge is 0.455 e. The Balaban J connectivity index is 0.000000565. The first-order valence-electron chi connectivity index (χ1n) is 21.6. The van der Waals surface area contributed by atoms with E-state index in [9.17, 15) is 0 Å². The number of aromatic nitrogens is 1. The van der Waals surface area contributed by atoms with Gasteiger partial charge in [0.25, 0.3) is 0 Å². The summed E-state index contributed by atoms with van der Waals surface area (Å²) in [5.41, 5.74) is 18.0. The van der Waals surface area contributed by atoms with E-state index in [1.807, 2.05) is 18.2 Å². The van der Waals surface area contributed by atoms with Crippen LogP contribution in [0.3, 0.4) is 0 Å². The second kappa shape index (κ2) is 15.4. The third-order valence-corrected chi connectivity index (χ3v) is 12.4. The number of fused-ring (bicyclic) bond motifs is 9. The van der Waals surface area contributed by atoms with E-state index in [4.69, 9.17) is 8.83 Å². The quantitative estimate of drug-likeness (QED) is 0.168. The predicted octanol–water partition coefficient (Wildman–Crippen LogP) is 16.8. The van der Waals surface area contributed by atoms with Crippen LogP contribution >= 0.6 is 0 Å². The van der Waals surface area contributed by atoms with Crippen molar-refractivity contribution in [3.05, 3.63) is 211 Å². The molecule has 0 aliphatic carbocycles. The van der Waals surface area contributed by atoms with Gasteiger partial charge in [0.1, 0.15) is 22.3 Å². The van der Waals surface area contributed by atoms with Gasteiger partial charge in [0.05, 0.1) is 11.0 Å². The maximum atomic E-state index is 6.78. The Bertz CT molecular complexity index is 3600. The number of aryl methyl sites for hydroxylation is 3. The first-order chi connectivity index (χ1) is 30.5. The summed E-state index contributed by atoms with van der Waals surface area (Å²) in [5.74, 6) is 0. The number of para-hydroxylation sites is 4. The predicted molar refractivity (Wildman–Crippen MR) is 262 cm³/mol. The minimum Gasteiger partial charge on any atom is -0.455 e. The summed E-state index contributed by atoms with van der Waals surface area (Å²) in [5, 5.41) is 6.83. The lowest BCUT2D eigenvalue weighted by Gasteiger charge is -2.14. The highest BCUT2D eigenvalue weighted by atomic mass is 16.3. The number of nitrogens with zero attached hydrogens (tertiary/aromatic N) is 1. The van der Waals surface area contributed by atoms with Crippen LogP contribution in [0.5, 0.6) is 0 Å². The van der Waals surface area contributed by atoms with Gasteiger partial charge in [-0.15, -0.1) is 0 Å². The van der Waals surface area contributed by atoms with Crippen molar-refractivity contribution in [2.75, 3.05) is 0 Å². The van der Waals surface area contributed by atoms with Crippen molar-refractivity contribution in [3.8, 4) is 39.1 Å². The number of hydrogen-bond acceptors (Lipinski definition) is 2. The van der Waals surface area contributed by atoms with E-state index in [1.165, 1.54) is 49.6 Å². The monoisotopic (exact) mass is 799 g/mol. The first kappa shape index (κ1) is 37.4. The number of rotatable bonds is 6.